The first-order valence-electron chi connectivity index (χ1n) is 8.70. The minimum Gasteiger partial charge on any atom is -0.368 e. The lowest BCUT2D eigenvalue weighted by Gasteiger charge is -2.10. The molecule has 1 amide bonds. The van der Waals surface area contributed by atoms with E-state index in [4.69, 9.17) is 0 Å². The number of imidazole rings is 1. The Morgan fingerprint density at radius 3 is 2.79 bits per heavy atom. The van der Waals surface area contributed by atoms with Gasteiger partial charge in [-0.2, -0.15) is 8.75 Å². The standard InChI is InChI=1S/C18H18N8OS/c1-11-22-16(10-17(23-11)26-8-7-19-12(26)2)20-5-6-21-18(27)13-3-4-14-15(9-13)25-28-24-14/h3-4,7-10H,5-6H2,1-2H3,(H,21,27)(H,20,22,23). The van der Waals surface area contributed by atoms with Gasteiger partial charge < -0.3 is 10.6 Å². The second kappa shape index (κ2) is 7.69. The fourth-order valence-corrected chi connectivity index (χ4v) is 3.30. The molecule has 0 aliphatic heterocycles. The Kier molecular flexibility index (Phi) is 4.94. The Balaban J connectivity index is 1.35. The van der Waals surface area contributed by atoms with Crippen LogP contribution in [0.25, 0.3) is 16.9 Å². The molecule has 4 rings (SSSR count). The summed E-state index contributed by atoms with van der Waals surface area (Å²) in [7, 11) is 0. The number of rotatable bonds is 6. The van der Waals surface area contributed by atoms with Crippen LogP contribution in [-0.2, 0) is 0 Å². The third-order valence-corrected chi connectivity index (χ3v) is 4.69. The Labute approximate surface area is 165 Å². The maximum atomic E-state index is 12.3. The van der Waals surface area contributed by atoms with Gasteiger partial charge in [0.2, 0.25) is 0 Å². The summed E-state index contributed by atoms with van der Waals surface area (Å²) < 4.78 is 10.2. The van der Waals surface area contributed by atoms with Crippen molar-refractivity contribution in [1.29, 1.82) is 0 Å². The highest BCUT2D eigenvalue weighted by molar-refractivity contribution is 7.00. The SMILES string of the molecule is Cc1nc(NCCNC(=O)c2ccc3nsnc3c2)cc(-n2ccnc2C)n1. The zero-order valence-corrected chi connectivity index (χ0v) is 16.2. The van der Waals surface area contributed by atoms with Gasteiger partial charge in [-0.1, -0.05) is 0 Å². The molecule has 0 saturated heterocycles. The van der Waals surface area contributed by atoms with Gasteiger partial charge >= 0.3 is 0 Å². The maximum Gasteiger partial charge on any atom is 0.251 e. The Bertz CT molecular complexity index is 1140. The second-order valence-electron chi connectivity index (χ2n) is 6.15. The van der Waals surface area contributed by atoms with Crippen molar-refractivity contribution < 1.29 is 4.79 Å². The van der Waals surface area contributed by atoms with Crippen molar-refractivity contribution in [3.63, 3.8) is 0 Å². The van der Waals surface area contributed by atoms with Crippen molar-refractivity contribution in [1.82, 2.24) is 33.6 Å². The fourth-order valence-electron chi connectivity index (χ4n) is 2.78. The summed E-state index contributed by atoms with van der Waals surface area (Å²) in [5.74, 6) is 2.80. The van der Waals surface area contributed by atoms with Crippen LogP contribution in [0.1, 0.15) is 22.0 Å². The van der Waals surface area contributed by atoms with Gasteiger partial charge in [0.25, 0.3) is 5.91 Å². The summed E-state index contributed by atoms with van der Waals surface area (Å²) in [5.41, 5.74) is 2.09. The number of nitrogens with zero attached hydrogens (tertiary/aromatic N) is 6. The lowest BCUT2D eigenvalue weighted by molar-refractivity contribution is 0.0955. The summed E-state index contributed by atoms with van der Waals surface area (Å²) in [6.45, 7) is 4.74. The van der Waals surface area contributed by atoms with E-state index in [2.05, 4.69) is 34.3 Å². The van der Waals surface area contributed by atoms with Gasteiger partial charge in [-0.3, -0.25) is 9.36 Å². The lowest BCUT2D eigenvalue weighted by atomic mass is 10.2. The van der Waals surface area contributed by atoms with Gasteiger partial charge in [-0.25, -0.2) is 15.0 Å². The average Bonchev–Trinajstić information content (AvgIpc) is 3.32. The molecule has 28 heavy (non-hydrogen) atoms. The Hall–Kier alpha value is -3.40. The summed E-state index contributed by atoms with van der Waals surface area (Å²) >= 11 is 1.14. The molecule has 10 heteroatoms. The van der Waals surface area contributed by atoms with Crippen molar-refractivity contribution >= 4 is 34.5 Å². The van der Waals surface area contributed by atoms with Crippen LogP contribution in [0.4, 0.5) is 5.82 Å². The van der Waals surface area contributed by atoms with Crippen LogP contribution in [0.2, 0.25) is 0 Å². The van der Waals surface area contributed by atoms with E-state index in [-0.39, 0.29) is 5.91 Å². The minimum atomic E-state index is -0.148. The quantitative estimate of drug-likeness (QED) is 0.482. The molecule has 0 atom stereocenters. The van der Waals surface area contributed by atoms with Crippen molar-refractivity contribution in [2.45, 2.75) is 13.8 Å². The highest BCUT2D eigenvalue weighted by atomic mass is 32.1. The molecule has 0 fully saturated rings. The molecule has 0 spiro atoms. The summed E-state index contributed by atoms with van der Waals surface area (Å²) in [6, 6.07) is 7.15. The number of carbonyl (C=O) groups is 1. The summed E-state index contributed by atoms with van der Waals surface area (Å²) in [5, 5.41) is 6.11. The van der Waals surface area contributed by atoms with Gasteiger partial charge in [-0.05, 0) is 32.0 Å². The van der Waals surface area contributed by atoms with Gasteiger partial charge in [0.15, 0.2) is 0 Å². The van der Waals surface area contributed by atoms with E-state index in [0.717, 1.165) is 34.4 Å². The van der Waals surface area contributed by atoms with Crippen LogP contribution in [0.3, 0.4) is 0 Å². The molecular formula is C18H18N8OS. The third kappa shape index (κ3) is 3.81. The van der Waals surface area contributed by atoms with Crippen LogP contribution in [0, 0.1) is 13.8 Å². The maximum absolute atomic E-state index is 12.3. The van der Waals surface area contributed by atoms with Crippen molar-refractivity contribution in [2.24, 2.45) is 0 Å². The van der Waals surface area contributed by atoms with E-state index >= 15 is 0 Å². The first kappa shape index (κ1) is 18.0. The van der Waals surface area contributed by atoms with E-state index in [9.17, 15) is 4.79 Å². The normalized spacial score (nSPS) is 10.9. The molecule has 1 aromatic carbocycles. The molecule has 0 unspecified atom stereocenters. The van der Waals surface area contributed by atoms with Crippen LogP contribution in [0.15, 0.2) is 36.7 Å². The number of benzene rings is 1. The molecule has 9 nitrogen and oxygen atoms in total. The van der Waals surface area contributed by atoms with Crippen molar-refractivity contribution in [3.8, 4) is 5.82 Å². The number of carbonyl (C=O) groups excluding carboxylic acids is 1. The third-order valence-electron chi connectivity index (χ3n) is 4.13. The highest BCUT2D eigenvalue weighted by Gasteiger charge is 2.09. The molecule has 0 aliphatic carbocycles. The van der Waals surface area contributed by atoms with E-state index in [1.54, 1.807) is 24.4 Å². The van der Waals surface area contributed by atoms with Crippen molar-refractivity contribution in [3.05, 3.63) is 53.9 Å². The second-order valence-corrected chi connectivity index (χ2v) is 6.68. The van der Waals surface area contributed by atoms with Crippen LogP contribution in [0.5, 0.6) is 0 Å². The van der Waals surface area contributed by atoms with Crippen LogP contribution >= 0.6 is 11.7 Å². The highest BCUT2D eigenvalue weighted by Crippen LogP contribution is 2.14. The average molecular weight is 394 g/mol. The first-order valence-corrected chi connectivity index (χ1v) is 9.43. The largest absolute Gasteiger partial charge is 0.368 e. The molecule has 4 aromatic rings. The number of hydrogen-bond donors (Lipinski definition) is 2. The Morgan fingerprint density at radius 2 is 1.96 bits per heavy atom. The molecule has 0 radical (unpaired) electrons. The number of aryl methyl sites for hydroxylation is 2. The number of anilines is 1. The summed E-state index contributed by atoms with van der Waals surface area (Å²) in [4.78, 5) is 25.4. The van der Waals surface area contributed by atoms with E-state index in [1.807, 2.05) is 30.7 Å². The van der Waals surface area contributed by atoms with E-state index < -0.39 is 0 Å². The molecule has 2 N–H and O–H groups in total. The minimum absolute atomic E-state index is 0.148. The van der Waals surface area contributed by atoms with Gasteiger partial charge in [0.1, 0.15) is 34.3 Å². The number of amides is 1. The van der Waals surface area contributed by atoms with Crippen molar-refractivity contribution in [2.75, 3.05) is 18.4 Å². The Morgan fingerprint density at radius 1 is 1.11 bits per heavy atom. The number of nitrogens with one attached hydrogen (secondary N) is 2. The zero-order chi connectivity index (χ0) is 19.5. The monoisotopic (exact) mass is 394 g/mol. The topological polar surface area (TPSA) is 111 Å². The van der Waals surface area contributed by atoms with Crippen LogP contribution in [-0.4, -0.2) is 47.3 Å². The fraction of sp³-hybridized carbons (Fsp3) is 0.222. The number of fused-ring (bicyclic) bond motifs is 1. The smallest absolute Gasteiger partial charge is 0.251 e. The van der Waals surface area contributed by atoms with Gasteiger partial charge in [-0.15, -0.1) is 0 Å². The number of hydrogen-bond acceptors (Lipinski definition) is 8. The molecular weight excluding hydrogens is 376 g/mol. The van der Waals surface area contributed by atoms with E-state index in [1.165, 1.54) is 0 Å². The van der Waals surface area contributed by atoms with E-state index in [0.29, 0.717) is 30.3 Å². The predicted molar refractivity (Wildman–Crippen MR) is 107 cm³/mol. The number of aromatic nitrogens is 6. The van der Waals surface area contributed by atoms with Gasteiger partial charge in [0, 0.05) is 37.1 Å². The zero-order valence-electron chi connectivity index (χ0n) is 15.4. The molecule has 0 bridgehead atoms. The molecule has 0 aliphatic rings. The molecule has 0 saturated carbocycles. The van der Waals surface area contributed by atoms with Gasteiger partial charge in [0.05, 0.1) is 11.7 Å². The molecule has 3 aromatic heterocycles. The summed E-state index contributed by atoms with van der Waals surface area (Å²) in [6.07, 6.45) is 3.59. The molecule has 3 heterocycles. The lowest BCUT2D eigenvalue weighted by Crippen LogP contribution is -2.29. The molecule has 142 valence electrons. The van der Waals surface area contributed by atoms with Crippen LogP contribution < -0.4 is 10.6 Å². The predicted octanol–water partition coefficient (Wildman–Crippen LogP) is 2.13. The first-order chi connectivity index (χ1) is 13.6.